The first-order valence-electron chi connectivity index (χ1n) is 7.29. The molecule has 1 aromatic heterocycles. The van der Waals surface area contributed by atoms with Gasteiger partial charge in [-0.3, -0.25) is 4.79 Å². The van der Waals surface area contributed by atoms with Crippen LogP contribution in [0.5, 0.6) is 0 Å². The lowest BCUT2D eigenvalue weighted by Gasteiger charge is -2.28. The van der Waals surface area contributed by atoms with E-state index in [0.29, 0.717) is 19.4 Å². The van der Waals surface area contributed by atoms with E-state index in [1.54, 1.807) is 16.2 Å². The summed E-state index contributed by atoms with van der Waals surface area (Å²) in [6, 6.07) is 3.97. The molecule has 2 amide bonds. The van der Waals surface area contributed by atoms with Gasteiger partial charge in [0.2, 0.25) is 0 Å². The largest absolute Gasteiger partial charge is 0.481 e. The van der Waals surface area contributed by atoms with Crippen LogP contribution in [-0.2, 0) is 11.3 Å². The lowest BCUT2D eigenvalue weighted by molar-refractivity contribution is -0.141. The topological polar surface area (TPSA) is 69.6 Å². The minimum atomic E-state index is -0.758. The highest BCUT2D eigenvalue weighted by Crippen LogP contribution is 2.26. The van der Waals surface area contributed by atoms with Crippen molar-refractivity contribution in [3.63, 3.8) is 0 Å². The normalized spacial score (nSPS) is 21.5. The average Bonchev–Trinajstić information content (AvgIpc) is 3.06. The first kappa shape index (κ1) is 15.8. The van der Waals surface area contributed by atoms with E-state index in [4.69, 9.17) is 5.11 Å². The van der Waals surface area contributed by atoms with E-state index in [1.165, 1.54) is 0 Å². The Labute approximate surface area is 129 Å². The Morgan fingerprint density at radius 3 is 2.76 bits per heavy atom. The maximum atomic E-state index is 12.4. The van der Waals surface area contributed by atoms with Crippen LogP contribution in [0.25, 0.3) is 0 Å². The highest BCUT2D eigenvalue weighted by atomic mass is 32.1. The Morgan fingerprint density at radius 2 is 2.24 bits per heavy atom. The van der Waals surface area contributed by atoms with Crippen LogP contribution in [0.1, 0.15) is 38.0 Å². The minimum Gasteiger partial charge on any atom is -0.481 e. The van der Waals surface area contributed by atoms with Crippen LogP contribution < -0.4 is 5.32 Å². The number of carbonyl (C=O) groups excluding carboxylic acids is 1. The van der Waals surface area contributed by atoms with Crippen LogP contribution in [0.15, 0.2) is 17.5 Å². The van der Waals surface area contributed by atoms with Crippen LogP contribution in [0.4, 0.5) is 4.79 Å². The Kier molecular flexibility index (Phi) is 5.22. The summed E-state index contributed by atoms with van der Waals surface area (Å²) in [6.45, 7) is 4.57. The number of nitrogens with one attached hydrogen (secondary N) is 1. The zero-order valence-electron chi connectivity index (χ0n) is 12.4. The van der Waals surface area contributed by atoms with E-state index in [-0.39, 0.29) is 24.0 Å². The summed E-state index contributed by atoms with van der Waals surface area (Å²) in [5.74, 6) is -1.08. The van der Waals surface area contributed by atoms with E-state index in [0.717, 1.165) is 11.3 Å². The second-order valence-electron chi connectivity index (χ2n) is 5.80. The van der Waals surface area contributed by atoms with Gasteiger partial charge in [-0.15, -0.1) is 11.3 Å². The summed E-state index contributed by atoms with van der Waals surface area (Å²) >= 11 is 1.63. The average molecular weight is 310 g/mol. The van der Waals surface area contributed by atoms with Crippen LogP contribution in [0.2, 0.25) is 0 Å². The number of hydrogen-bond donors (Lipinski definition) is 2. The minimum absolute atomic E-state index is 0.0248. The molecule has 6 heteroatoms. The molecular formula is C15H22N2O3S. The van der Waals surface area contributed by atoms with Gasteiger partial charge in [-0.2, -0.15) is 0 Å². The van der Waals surface area contributed by atoms with Gasteiger partial charge in [-0.05, 0) is 44.6 Å². The van der Waals surface area contributed by atoms with Crippen molar-refractivity contribution in [3.05, 3.63) is 22.4 Å². The molecule has 0 aromatic carbocycles. The zero-order chi connectivity index (χ0) is 15.4. The summed E-state index contributed by atoms with van der Waals surface area (Å²) in [4.78, 5) is 26.3. The standard InChI is InChI=1S/C15H22N2O3S/c1-10(2)17(9-13-4-3-7-21-13)15(20)16-12-6-5-11(8-12)14(18)19/h3-4,7,10-12H,5-6,8-9H2,1-2H3,(H,16,20)(H,18,19). The van der Waals surface area contributed by atoms with Gasteiger partial charge < -0.3 is 15.3 Å². The maximum absolute atomic E-state index is 12.4. The number of aliphatic carboxylic acids is 1. The molecule has 1 heterocycles. The van der Waals surface area contributed by atoms with Crippen LogP contribution in [-0.4, -0.2) is 34.1 Å². The molecule has 2 atom stereocenters. The number of urea groups is 1. The molecule has 1 saturated carbocycles. The molecule has 1 fully saturated rings. The van der Waals surface area contributed by atoms with Gasteiger partial charge in [0.05, 0.1) is 12.5 Å². The summed E-state index contributed by atoms with van der Waals surface area (Å²) in [6.07, 6.45) is 1.92. The third kappa shape index (κ3) is 4.20. The van der Waals surface area contributed by atoms with Crippen molar-refractivity contribution in [1.82, 2.24) is 10.2 Å². The maximum Gasteiger partial charge on any atom is 0.318 e. The van der Waals surface area contributed by atoms with Gasteiger partial charge in [0.1, 0.15) is 0 Å². The van der Waals surface area contributed by atoms with Gasteiger partial charge in [0.25, 0.3) is 0 Å². The number of carbonyl (C=O) groups is 2. The predicted molar refractivity (Wildman–Crippen MR) is 82.3 cm³/mol. The number of rotatable bonds is 5. The molecule has 5 nitrogen and oxygen atoms in total. The third-order valence-electron chi connectivity index (χ3n) is 3.90. The fourth-order valence-corrected chi connectivity index (χ4v) is 3.36. The molecular weight excluding hydrogens is 288 g/mol. The fraction of sp³-hybridized carbons (Fsp3) is 0.600. The van der Waals surface area contributed by atoms with Gasteiger partial charge in [-0.1, -0.05) is 6.07 Å². The van der Waals surface area contributed by atoms with Gasteiger partial charge >= 0.3 is 12.0 Å². The van der Waals surface area contributed by atoms with Crippen molar-refractivity contribution in [2.24, 2.45) is 5.92 Å². The summed E-state index contributed by atoms with van der Waals surface area (Å²) in [5.41, 5.74) is 0. The van der Waals surface area contributed by atoms with E-state index < -0.39 is 5.97 Å². The molecule has 21 heavy (non-hydrogen) atoms. The highest BCUT2D eigenvalue weighted by Gasteiger charge is 2.31. The van der Waals surface area contributed by atoms with Gasteiger partial charge in [0, 0.05) is 17.0 Å². The smallest absolute Gasteiger partial charge is 0.318 e. The van der Waals surface area contributed by atoms with Crippen molar-refractivity contribution in [1.29, 1.82) is 0 Å². The summed E-state index contributed by atoms with van der Waals surface area (Å²) in [7, 11) is 0. The monoisotopic (exact) mass is 310 g/mol. The number of carboxylic acid groups (broad SMARTS) is 1. The number of amides is 2. The van der Waals surface area contributed by atoms with Crippen molar-refractivity contribution >= 4 is 23.3 Å². The molecule has 1 aromatic rings. The Bertz CT molecular complexity index is 487. The molecule has 1 aliphatic rings. The Balaban J connectivity index is 1.92. The summed E-state index contributed by atoms with van der Waals surface area (Å²) in [5, 5.41) is 14.0. The third-order valence-corrected chi connectivity index (χ3v) is 4.76. The van der Waals surface area contributed by atoms with Crippen LogP contribution >= 0.6 is 11.3 Å². The number of thiophene rings is 1. The van der Waals surface area contributed by atoms with E-state index in [1.807, 2.05) is 31.4 Å². The Hall–Kier alpha value is -1.56. The highest BCUT2D eigenvalue weighted by molar-refractivity contribution is 7.09. The Morgan fingerprint density at radius 1 is 1.48 bits per heavy atom. The van der Waals surface area contributed by atoms with Gasteiger partial charge in [0.15, 0.2) is 0 Å². The van der Waals surface area contributed by atoms with Crippen LogP contribution in [0, 0.1) is 5.92 Å². The fourth-order valence-electron chi connectivity index (χ4n) is 2.65. The van der Waals surface area contributed by atoms with Crippen molar-refractivity contribution in [2.75, 3.05) is 0 Å². The van der Waals surface area contributed by atoms with E-state index in [2.05, 4.69) is 5.32 Å². The first-order valence-corrected chi connectivity index (χ1v) is 8.17. The first-order chi connectivity index (χ1) is 9.97. The van der Waals surface area contributed by atoms with Gasteiger partial charge in [-0.25, -0.2) is 4.79 Å². The van der Waals surface area contributed by atoms with Crippen molar-refractivity contribution < 1.29 is 14.7 Å². The van der Waals surface area contributed by atoms with Crippen molar-refractivity contribution in [3.8, 4) is 0 Å². The predicted octanol–water partition coefficient (Wildman–Crippen LogP) is 2.92. The molecule has 0 saturated heterocycles. The molecule has 0 bridgehead atoms. The second kappa shape index (κ2) is 6.93. The second-order valence-corrected chi connectivity index (χ2v) is 6.83. The zero-order valence-corrected chi connectivity index (χ0v) is 13.2. The molecule has 2 N–H and O–H groups in total. The molecule has 0 aliphatic heterocycles. The quantitative estimate of drug-likeness (QED) is 0.878. The van der Waals surface area contributed by atoms with Crippen LogP contribution in [0.3, 0.4) is 0 Å². The SMILES string of the molecule is CC(C)N(Cc1cccs1)C(=O)NC1CCC(C(=O)O)C1. The molecule has 1 aliphatic carbocycles. The lowest BCUT2D eigenvalue weighted by atomic mass is 10.1. The number of carboxylic acids is 1. The molecule has 116 valence electrons. The number of nitrogens with zero attached hydrogens (tertiary/aromatic N) is 1. The van der Waals surface area contributed by atoms with E-state index >= 15 is 0 Å². The molecule has 2 rings (SSSR count). The molecule has 0 radical (unpaired) electrons. The summed E-state index contributed by atoms with van der Waals surface area (Å²) < 4.78 is 0. The molecule has 0 spiro atoms. The van der Waals surface area contributed by atoms with E-state index in [9.17, 15) is 9.59 Å². The van der Waals surface area contributed by atoms with Crippen molar-refractivity contribution in [2.45, 2.75) is 51.7 Å². The number of hydrogen-bond acceptors (Lipinski definition) is 3. The molecule has 2 unspecified atom stereocenters. The lowest BCUT2D eigenvalue weighted by Crippen LogP contribution is -2.46.